The molecule has 1 saturated carbocycles. The van der Waals surface area contributed by atoms with Gasteiger partial charge in [0.15, 0.2) is 0 Å². The maximum atomic E-state index is 11.6. The van der Waals surface area contributed by atoms with Crippen LogP contribution in [0.1, 0.15) is 38.5 Å². The lowest BCUT2D eigenvalue weighted by Crippen LogP contribution is -2.46. The van der Waals surface area contributed by atoms with Crippen LogP contribution >= 0.6 is 0 Å². The van der Waals surface area contributed by atoms with Gasteiger partial charge in [0.05, 0.1) is 6.42 Å². The van der Waals surface area contributed by atoms with E-state index in [1.54, 1.807) is 0 Å². The van der Waals surface area contributed by atoms with Crippen molar-refractivity contribution in [3.63, 3.8) is 0 Å². The Hall–Kier alpha value is -1.99. The highest BCUT2D eigenvalue weighted by Gasteiger charge is 2.34. The molecule has 8 heteroatoms. The van der Waals surface area contributed by atoms with Crippen LogP contribution in [0.2, 0.25) is 0 Å². The number of amides is 4. The van der Waals surface area contributed by atoms with E-state index in [4.69, 9.17) is 10.8 Å². The summed E-state index contributed by atoms with van der Waals surface area (Å²) < 4.78 is 0. The van der Waals surface area contributed by atoms with Crippen LogP contribution in [0.3, 0.4) is 0 Å². The zero-order chi connectivity index (χ0) is 15.7. The summed E-state index contributed by atoms with van der Waals surface area (Å²) in [5, 5.41) is 16.7. The Morgan fingerprint density at radius 1 is 1.00 bits per heavy atom. The van der Waals surface area contributed by atoms with Gasteiger partial charge < -0.3 is 26.8 Å². The van der Waals surface area contributed by atoms with Gasteiger partial charge in [-0.15, -0.1) is 0 Å². The highest BCUT2D eigenvalue weighted by atomic mass is 16.4. The van der Waals surface area contributed by atoms with Crippen molar-refractivity contribution in [2.24, 2.45) is 11.1 Å². The van der Waals surface area contributed by atoms with Crippen molar-refractivity contribution in [2.45, 2.75) is 38.5 Å². The van der Waals surface area contributed by atoms with Gasteiger partial charge in [-0.25, -0.2) is 9.59 Å². The van der Waals surface area contributed by atoms with E-state index in [1.807, 2.05) is 0 Å². The van der Waals surface area contributed by atoms with Gasteiger partial charge in [-0.3, -0.25) is 4.79 Å². The Morgan fingerprint density at radius 3 is 2.19 bits per heavy atom. The summed E-state index contributed by atoms with van der Waals surface area (Å²) in [6.45, 7) is 0.873. The molecule has 1 aliphatic carbocycles. The van der Waals surface area contributed by atoms with Crippen molar-refractivity contribution in [3.05, 3.63) is 0 Å². The van der Waals surface area contributed by atoms with E-state index >= 15 is 0 Å². The van der Waals surface area contributed by atoms with Crippen LogP contribution in [-0.2, 0) is 4.79 Å². The van der Waals surface area contributed by atoms with Gasteiger partial charge in [-0.2, -0.15) is 0 Å². The van der Waals surface area contributed by atoms with Crippen LogP contribution in [-0.4, -0.2) is 42.8 Å². The van der Waals surface area contributed by atoms with Gasteiger partial charge in [0.1, 0.15) is 0 Å². The van der Waals surface area contributed by atoms with Gasteiger partial charge in [0, 0.05) is 19.6 Å². The van der Waals surface area contributed by atoms with Crippen LogP contribution in [0.4, 0.5) is 9.59 Å². The fourth-order valence-electron chi connectivity index (χ4n) is 2.73. The molecule has 0 aliphatic heterocycles. The third-order valence-corrected chi connectivity index (χ3v) is 3.77. The Labute approximate surface area is 123 Å². The molecule has 1 aliphatic rings. The SMILES string of the molecule is NC(=O)NCCNC(=O)NCC1(CC(=O)O)CCCCC1. The van der Waals surface area contributed by atoms with E-state index < -0.39 is 12.0 Å². The fourth-order valence-corrected chi connectivity index (χ4v) is 2.73. The molecule has 0 radical (unpaired) electrons. The van der Waals surface area contributed by atoms with Crippen molar-refractivity contribution >= 4 is 18.0 Å². The molecular weight excluding hydrogens is 276 g/mol. The van der Waals surface area contributed by atoms with E-state index in [1.165, 1.54) is 0 Å². The van der Waals surface area contributed by atoms with Crippen molar-refractivity contribution in [3.8, 4) is 0 Å². The minimum atomic E-state index is -0.829. The van der Waals surface area contributed by atoms with E-state index in [0.29, 0.717) is 6.54 Å². The van der Waals surface area contributed by atoms with Crippen LogP contribution in [0.5, 0.6) is 0 Å². The smallest absolute Gasteiger partial charge is 0.314 e. The number of nitrogens with two attached hydrogens (primary N) is 1. The highest BCUT2D eigenvalue weighted by molar-refractivity contribution is 5.74. The number of urea groups is 2. The monoisotopic (exact) mass is 300 g/mol. The lowest BCUT2D eigenvalue weighted by molar-refractivity contribution is -0.140. The number of carbonyl (C=O) groups is 3. The molecule has 8 nitrogen and oxygen atoms in total. The van der Waals surface area contributed by atoms with Gasteiger partial charge >= 0.3 is 18.0 Å². The average Bonchev–Trinajstić information content (AvgIpc) is 2.41. The Morgan fingerprint density at radius 2 is 1.62 bits per heavy atom. The summed E-state index contributed by atoms with van der Waals surface area (Å²) >= 11 is 0. The third-order valence-electron chi connectivity index (χ3n) is 3.77. The topological polar surface area (TPSA) is 134 Å². The first-order chi connectivity index (χ1) is 9.93. The Kier molecular flexibility index (Phi) is 6.77. The number of carboxylic acids is 1. The summed E-state index contributed by atoms with van der Waals surface area (Å²) in [5.41, 5.74) is 4.55. The van der Waals surface area contributed by atoms with Gasteiger partial charge in [0.2, 0.25) is 0 Å². The summed E-state index contributed by atoms with van der Waals surface area (Å²) in [6.07, 6.45) is 4.84. The molecule has 0 bridgehead atoms. The second-order valence-corrected chi connectivity index (χ2v) is 5.53. The Bertz CT molecular complexity index is 380. The maximum absolute atomic E-state index is 11.6. The molecule has 0 spiro atoms. The molecule has 4 amide bonds. The molecule has 0 saturated heterocycles. The van der Waals surface area contributed by atoms with E-state index in [9.17, 15) is 14.4 Å². The van der Waals surface area contributed by atoms with E-state index in [-0.39, 0.29) is 31.0 Å². The number of hydrogen-bond donors (Lipinski definition) is 5. The zero-order valence-corrected chi connectivity index (χ0v) is 12.1. The van der Waals surface area contributed by atoms with E-state index in [0.717, 1.165) is 32.1 Å². The highest BCUT2D eigenvalue weighted by Crippen LogP contribution is 2.38. The fraction of sp³-hybridized carbons (Fsp3) is 0.769. The number of rotatable bonds is 7. The first-order valence-corrected chi connectivity index (χ1v) is 7.20. The maximum Gasteiger partial charge on any atom is 0.314 e. The predicted octanol–water partition coefficient (Wildman–Crippen LogP) is 0.379. The number of carboxylic acid groups (broad SMARTS) is 1. The second kappa shape index (κ2) is 8.33. The van der Waals surface area contributed by atoms with E-state index in [2.05, 4.69) is 16.0 Å². The molecular formula is C13H24N4O4. The number of hydrogen-bond acceptors (Lipinski definition) is 3. The minimum absolute atomic E-state index is 0.0799. The molecule has 6 N–H and O–H groups in total. The first kappa shape index (κ1) is 17.1. The van der Waals surface area contributed by atoms with Crippen LogP contribution in [0.25, 0.3) is 0 Å². The van der Waals surface area contributed by atoms with Gasteiger partial charge in [-0.05, 0) is 18.3 Å². The quantitative estimate of drug-likeness (QED) is 0.434. The summed E-state index contributed by atoms with van der Waals surface area (Å²) in [5.74, 6) is -0.829. The van der Waals surface area contributed by atoms with Crippen LogP contribution < -0.4 is 21.7 Å². The van der Waals surface area contributed by atoms with Crippen LogP contribution in [0.15, 0.2) is 0 Å². The van der Waals surface area contributed by atoms with Crippen molar-refractivity contribution < 1.29 is 19.5 Å². The third kappa shape index (κ3) is 6.82. The molecule has 0 unspecified atom stereocenters. The normalized spacial score (nSPS) is 16.8. The van der Waals surface area contributed by atoms with Crippen molar-refractivity contribution in [1.29, 1.82) is 0 Å². The number of aliphatic carboxylic acids is 1. The molecule has 1 rings (SSSR count). The summed E-state index contributed by atoms with van der Waals surface area (Å²) in [7, 11) is 0. The zero-order valence-electron chi connectivity index (χ0n) is 12.1. The molecule has 21 heavy (non-hydrogen) atoms. The molecule has 0 aromatic carbocycles. The minimum Gasteiger partial charge on any atom is -0.481 e. The lowest BCUT2D eigenvalue weighted by atomic mass is 9.72. The second-order valence-electron chi connectivity index (χ2n) is 5.53. The molecule has 0 atom stereocenters. The molecule has 0 heterocycles. The average molecular weight is 300 g/mol. The molecule has 120 valence electrons. The largest absolute Gasteiger partial charge is 0.481 e. The number of primary amides is 1. The van der Waals surface area contributed by atoms with Gasteiger partial charge in [-0.1, -0.05) is 19.3 Å². The summed E-state index contributed by atoms with van der Waals surface area (Å²) in [6, 6.07) is -1.00. The van der Waals surface area contributed by atoms with Gasteiger partial charge in [0.25, 0.3) is 0 Å². The first-order valence-electron chi connectivity index (χ1n) is 7.20. The lowest BCUT2D eigenvalue weighted by Gasteiger charge is -2.36. The Balaban J connectivity index is 2.33. The predicted molar refractivity (Wildman–Crippen MR) is 76.8 cm³/mol. The summed E-state index contributed by atoms with van der Waals surface area (Å²) in [4.78, 5) is 33.1. The molecule has 0 aromatic rings. The standard InChI is InChI=1S/C13H24N4O4/c14-11(20)15-6-7-16-12(21)17-9-13(8-10(18)19)4-2-1-3-5-13/h1-9H2,(H,18,19)(H3,14,15,20)(H2,16,17,21). The van der Waals surface area contributed by atoms with Crippen molar-refractivity contribution in [1.82, 2.24) is 16.0 Å². The number of nitrogens with one attached hydrogen (secondary N) is 3. The van der Waals surface area contributed by atoms with Crippen molar-refractivity contribution in [2.75, 3.05) is 19.6 Å². The molecule has 0 aromatic heterocycles. The number of carbonyl (C=O) groups excluding carboxylic acids is 2. The molecule has 1 fully saturated rings. The van der Waals surface area contributed by atoms with Crippen LogP contribution in [0, 0.1) is 5.41 Å².